The summed E-state index contributed by atoms with van der Waals surface area (Å²) < 4.78 is 63.9. The summed E-state index contributed by atoms with van der Waals surface area (Å²) in [4.78, 5) is 14.4. The van der Waals surface area contributed by atoms with Crippen LogP contribution in [0, 0.1) is 23.7 Å². The van der Waals surface area contributed by atoms with Crippen molar-refractivity contribution in [2.45, 2.75) is 204 Å². The number of hydrogen-bond acceptors (Lipinski definition) is 14. The van der Waals surface area contributed by atoms with E-state index in [0.717, 1.165) is 18.4 Å². The summed E-state index contributed by atoms with van der Waals surface area (Å²) in [5.41, 5.74) is 0.188. The van der Waals surface area contributed by atoms with Crippen molar-refractivity contribution >= 4 is 5.97 Å². The molecular formula is C48H74O14. The van der Waals surface area contributed by atoms with Crippen molar-refractivity contribution in [3.05, 3.63) is 47.1 Å². The Labute approximate surface area is 368 Å². The molecule has 0 unspecified atom stereocenters. The molecule has 5 fully saturated rings. The third kappa shape index (κ3) is 9.73. The summed E-state index contributed by atoms with van der Waals surface area (Å²) in [7, 11) is 3.23. The zero-order valence-electron chi connectivity index (χ0n) is 38.5. The standard InChI is InChI=1S/C48H74O14/c1-11-25(2)43-28(5)17-18-47(62-43)23-34-20-33(61-47)16-15-27(4)42(26(3)13-12-14-32-24-55-45-40(49)29(6)19-35(46(51)58-34)48(32,45)52)59-39-22-37(54-10)44(31(8)57-39)60-38-21-36(53-9)41(50)30(7)56-38/h12-15,19,25-26,28,30-31,33-45,49-50,52H,11,16-18,20-24H2,1-10H3/b13-12+,27-15+,32-14+/t25-,26+,28+,30+,31+,33-,34+,35+,36+,37+,38+,39-,40+,41+,42+,43-,44-,45-,47-,48-/m1/s1. The summed E-state index contributed by atoms with van der Waals surface area (Å²) in [5.74, 6) is -2.10. The first-order valence-electron chi connectivity index (χ1n) is 23.2. The number of aliphatic hydroxyl groups is 3. The van der Waals surface area contributed by atoms with Crippen LogP contribution >= 0.6 is 0 Å². The van der Waals surface area contributed by atoms with Crippen LogP contribution in [0.5, 0.6) is 0 Å². The highest BCUT2D eigenvalue weighted by molar-refractivity contribution is 5.78. The summed E-state index contributed by atoms with van der Waals surface area (Å²) in [6, 6.07) is 0. The molecule has 7 aliphatic rings. The molecule has 0 aromatic rings. The fourth-order valence-electron chi connectivity index (χ4n) is 11.0. The molecule has 350 valence electrons. The molecule has 6 aliphatic heterocycles. The second-order valence-electron chi connectivity index (χ2n) is 19.4. The molecule has 7 rings (SSSR count). The second-order valence-corrected chi connectivity index (χ2v) is 19.4. The first-order chi connectivity index (χ1) is 29.5. The maximum atomic E-state index is 14.4. The predicted octanol–water partition coefficient (Wildman–Crippen LogP) is 5.60. The highest BCUT2D eigenvalue weighted by Gasteiger charge is 2.60. The Bertz CT molecular complexity index is 1680. The maximum Gasteiger partial charge on any atom is 0.316 e. The molecule has 5 saturated heterocycles. The minimum atomic E-state index is -1.82. The van der Waals surface area contributed by atoms with Gasteiger partial charge in [0, 0.05) is 52.2 Å². The molecular weight excluding hydrogens is 801 g/mol. The van der Waals surface area contributed by atoms with E-state index in [4.69, 9.17) is 47.4 Å². The van der Waals surface area contributed by atoms with E-state index in [9.17, 15) is 20.1 Å². The quantitative estimate of drug-likeness (QED) is 0.204. The smallest absolute Gasteiger partial charge is 0.316 e. The van der Waals surface area contributed by atoms with Crippen molar-refractivity contribution in [2.24, 2.45) is 23.7 Å². The summed E-state index contributed by atoms with van der Waals surface area (Å²) in [6.07, 6.45) is 6.53. The van der Waals surface area contributed by atoms with Crippen molar-refractivity contribution in [1.29, 1.82) is 0 Å². The number of hydrogen-bond donors (Lipinski definition) is 3. The lowest BCUT2D eigenvalue weighted by Gasteiger charge is -2.51. The lowest BCUT2D eigenvalue weighted by molar-refractivity contribution is -0.340. The van der Waals surface area contributed by atoms with Gasteiger partial charge in [-0.3, -0.25) is 4.79 Å². The van der Waals surface area contributed by atoms with Crippen LogP contribution in [0.1, 0.15) is 107 Å². The van der Waals surface area contributed by atoms with E-state index in [2.05, 4.69) is 40.7 Å². The Hall–Kier alpha value is -2.05. The third-order valence-electron chi connectivity index (χ3n) is 14.9. The zero-order chi connectivity index (χ0) is 44.7. The minimum absolute atomic E-state index is 0.00708. The Morgan fingerprint density at radius 3 is 2.35 bits per heavy atom. The molecule has 0 aromatic carbocycles. The van der Waals surface area contributed by atoms with Gasteiger partial charge in [0.15, 0.2) is 18.4 Å². The number of ether oxygens (including phenoxy) is 10. The normalized spacial score (nSPS) is 49.4. The number of allylic oxidation sites excluding steroid dienone is 2. The molecule has 3 N–H and O–H groups in total. The van der Waals surface area contributed by atoms with Gasteiger partial charge in [0.2, 0.25) is 0 Å². The van der Waals surface area contributed by atoms with E-state index < -0.39 is 90.8 Å². The SMILES string of the molecule is CC[C@@H](C)[C@H]1O[C@]2(CC[C@@H]1C)C[C@@H]1C[C@@H](C/C=C(\C)[C@@H](O[C@@H]3C[C@H](OC)[C@H](O[C@H]4C[C@H](OC)[C@@H](O)[C@H](C)O4)[C@H](C)O3)[C@@H](C)/C=C/C=C3\CO[C@@H]4[C@@H](O)C(C)=C[C@@H](C(=O)O1)[C@]34O)O2. The number of aliphatic hydroxyl groups excluding tert-OH is 2. The molecule has 0 saturated carbocycles. The molecule has 1 spiro atoms. The molecule has 0 aromatic heterocycles. The van der Waals surface area contributed by atoms with Crippen LogP contribution < -0.4 is 0 Å². The van der Waals surface area contributed by atoms with E-state index in [1.807, 2.05) is 19.1 Å². The topological polar surface area (TPSA) is 170 Å². The van der Waals surface area contributed by atoms with Crippen LogP contribution in [0.3, 0.4) is 0 Å². The van der Waals surface area contributed by atoms with E-state index in [1.165, 1.54) is 0 Å². The highest BCUT2D eigenvalue weighted by Crippen LogP contribution is 2.48. The van der Waals surface area contributed by atoms with Gasteiger partial charge in [0.1, 0.15) is 42.0 Å². The minimum Gasteiger partial charge on any atom is -0.462 e. The monoisotopic (exact) mass is 875 g/mol. The van der Waals surface area contributed by atoms with Gasteiger partial charge in [-0.1, -0.05) is 64.5 Å². The van der Waals surface area contributed by atoms with Gasteiger partial charge >= 0.3 is 5.97 Å². The third-order valence-corrected chi connectivity index (χ3v) is 14.9. The van der Waals surface area contributed by atoms with Gasteiger partial charge < -0.3 is 62.7 Å². The van der Waals surface area contributed by atoms with Gasteiger partial charge in [0.25, 0.3) is 0 Å². The van der Waals surface area contributed by atoms with Crippen molar-refractivity contribution < 1.29 is 67.5 Å². The Balaban J connectivity index is 1.18. The molecule has 1 aliphatic carbocycles. The average molecular weight is 875 g/mol. The first-order valence-corrected chi connectivity index (χ1v) is 23.2. The van der Waals surface area contributed by atoms with E-state index >= 15 is 0 Å². The number of fused-ring (bicyclic) bond motifs is 2. The zero-order valence-corrected chi connectivity index (χ0v) is 38.5. The molecule has 20 atom stereocenters. The Morgan fingerprint density at radius 1 is 0.919 bits per heavy atom. The molecule has 2 bridgehead atoms. The summed E-state index contributed by atoms with van der Waals surface area (Å²) >= 11 is 0. The fraction of sp³-hybridized carbons (Fsp3) is 0.812. The van der Waals surface area contributed by atoms with Crippen molar-refractivity contribution in [1.82, 2.24) is 0 Å². The van der Waals surface area contributed by atoms with E-state index in [0.29, 0.717) is 61.5 Å². The predicted molar refractivity (Wildman–Crippen MR) is 227 cm³/mol. The van der Waals surface area contributed by atoms with Crippen molar-refractivity contribution in [3.8, 4) is 0 Å². The average Bonchev–Trinajstić information content (AvgIpc) is 3.58. The van der Waals surface area contributed by atoms with Gasteiger partial charge in [-0.2, -0.15) is 0 Å². The molecule has 14 nitrogen and oxygen atoms in total. The van der Waals surface area contributed by atoms with Crippen LogP contribution in [0.15, 0.2) is 47.1 Å². The summed E-state index contributed by atoms with van der Waals surface area (Å²) in [5, 5.41) is 34.2. The Morgan fingerprint density at radius 2 is 1.63 bits per heavy atom. The fourth-order valence-corrected chi connectivity index (χ4v) is 11.0. The van der Waals surface area contributed by atoms with Gasteiger partial charge in [-0.05, 0) is 69.1 Å². The van der Waals surface area contributed by atoms with Crippen LogP contribution in [-0.4, -0.2) is 139 Å². The number of carbonyl (C=O) groups excluding carboxylic acids is 1. The van der Waals surface area contributed by atoms with Crippen LogP contribution in [0.2, 0.25) is 0 Å². The maximum absolute atomic E-state index is 14.4. The lowest BCUT2D eigenvalue weighted by Crippen LogP contribution is -2.58. The molecule has 0 radical (unpaired) electrons. The largest absolute Gasteiger partial charge is 0.462 e. The number of methoxy groups -OCH3 is 2. The molecule has 14 heteroatoms. The second kappa shape index (κ2) is 19.8. The van der Waals surface area contributed by atoms with Gasteiger partial charge in [-0.15, -0.1) is 0 Å². The van der Waals surface area contributed by atoms with Crippen molar-refractivity contribution in [2.75, 3.05) is 20.8 Å². The van der Waals surface area contributed by atoms with E-state index in [1.54, 1.807) is 40.2 Å². The molecule has 62 heavy (non-hydrogen) atoms. The van der Waals surface area contributed by atoms with E-state index in [-0.39, 0.29) is 30.8 Å². The van der Waals surface area contributed by atoms with Crippen LogP contribution in [0.4, 0.5) is 0 Å². The van der Waals surface area contributed by atoms with Crippen LogP contribution in [-0.2, 0) is 52.2 Å². The number of esters is 1. The van der Waals surface area contributed by atoms with Gasteiger partial charge in [-0.25, -0.2) is 0 Å². The molecule has 6 heterocycles. The van der Waals surface area contributed by atoms with Gasteiger partial charge in [0.05, 0.1) is 49.3 Å². The first kappa shape index (κ1) is 47.9. The Kier molecular flexibility index (Phi) is 15.3. The highest BCUT2D eigenvalue weighted by atomic mass is 16.7. The van der Waals surface area contributed by atoms with Crippen LogP contribution in [0.25, 0.3) is 0 Å². The number of rotatable bonds is 8. The van der Waals surface area contributed by atoms with Crippen molar-refractivity contribution in [3.63, 3.8) is 0 Å². The molecule has 0 amide bonds. The number of carbonyl (C=O) groups is 1. The summed E-state index contributed by atoms with van der Waals surface area (Å²) in [6.45, 7) is 16.3. The lowest BCUT2D eigenvalue weighted by atomic mass is 9.71.